The molecule has 0 saturated carbocycles. The van der Waals surface area contributed by atoms with Gasteiger partial charge in [-0.25, -0.2) is 0 Å². The molecule has 1 aromatic carbocycles. The highest BCUT2D eigenvalue weighted by Crippen LogP contribution is 2.31. The number of amides is 2. The van der Waals surface area contributed by atoms with Gasteiger partial charge in [-0.1, -0.05) is 18.2 Å². The molecule has 18 heavy (non-hydrogen) atoms. The first-order chi connectivity index (χ1) is 8.65. The molecule has 1 aliphatic rings. The molecule has 1 unspecified atom stereocenters. The van der Waals surface area contributed by atoms with E-state index in [1.165, 1.54) is 4.90 Å². The van der Waals surface area contributed by atoms with Crippen LogP contribution in [0.5, 0.6) is 0 Å². The fourth-order valence-electron chi connectivity index (χ4n) is 2.02. The van der Waals surface area contributed by atoms with E-state index < -0.39 is 12.1 Å². The Bertz CT molecular complexity index is 501. The molecule has 0 bridgehead atoms. The first kappa shape index (κ1) is 12.4. The van der Waals surface area contributed by atoms with Crippen LogP contribution in [0.15, 0.2) is 29.4 Å². The molecule has 2 amide bonds. The number of hydrogen-bond donors (Lipinski definition) is 1. The lowest BCUT2D eigenvalue weighted by molar-refractivity contribution is -0.118. The molecule has 0 aliphatic carbocycles. The number of fused-ring (bicyclic) bond motifs is 1. The number of benzene rings is 1. The molecule has 1 aliphatic heterocycles. The van der Waals surface area contributed by atoms with Crippen LogP contribution in [0, 0.1) is 4.91 Å². The minimum absolute atomic E-state index is 0.0175. The topological polar surface area (TPSA) is 87.0 Å². The second kappa shape index (κ2) is 5.05. The zero-order valence-corrected chi connectivity index (χ0v) is 9.57. The number of aliphatic hydroxyl groups is 1. The number of rotatable bonds is 4. The van der Waals surface area contributed by atoms with E-state index in [0.29, 0.717) is 17.5 Å². The van der Waals surface area contributed by atoms with Crippen molar-refractivity contribution < 1.29 is 14.7 Å². The van der Waals surface area contributed by atoms with E-state index in [9.17, 15) is 19.6 Å². The smallest absolute Gasteiger partial charge is 0.286 e. The van der Waals surface area contributed by atoms with Crippen molar-refractivity contribution >= 4 is 11.8 Å². The second-order valence-corrected chi connectivity index (χ2v) is 4.05. The molecule has 0 aromatic heterocycles. The van der Waals surface area contributed by atoms with Crippen LogP contribution in [-0.4, -0.2) is 28.4 Å². The molecule has 6 heteroatoms. The summed E-state index contributed by atoms with van der Waals surface area (Å²) >= 11 is 0. The maximum atomic E-state index is 11.9. The summed E-state index contributed by atoms with van der Waals surface area (Å²) in [6, 6.07) is 6.82. The van der Waals surface area contributed by atoms with Gasteiger partial charge in [0.1, 0.15) is 0 Å². The molecular formula is C12H12N2O4. The van der Waals surface area contributed by atoms with Crippen molar-refractivity contribution in [3.8, 4) is 0 Å². The third kappa shape index (κ3) is 2.14. The van der Waals surface area contributed by atoms with E-state index >= 15 is 0 Å². The second-order valence-electron chi connectivity index (χ2n) is 4.05. The van der Waals surface area contributed by atoms with Gasteiger partial charge in [0.15, 0.2) is 6.23 Å². The van der Waals surface area contributed by atoms with Crippen molar-refractivity contribution in [3.63, 3.8) is 0 Å². The Hall–Kier alpha value is -2.08. The van der Waals surface area contributed by atoms with E-state index in [0.717, 1.165) is 0 Å². The van der Waals surface area contributed by atoms with Crippen molar-refractivity contribution in [1.29, 1.82) is 0 Å². The molecule has 0 spiro atoms. The largest absolute Gasteiger partial charge is 0.369 e. The number of nitroso groups, excluding NO2 is 1. The van der Waals surface area contributed by atoms with Crippen LogP contribution in [0.4, 0.5) is 0 Å². The lowest BCUT2D eigenvalue weighted by Crippen LogP contribution is -2.29. The zero-order chi connectivity index (χ0) is 13.1. The Labute approximate surface area is 103 Å². The van der Waals surface area contributed by atoms with Gasteiger partial charge >= 0.3 is 0 Å². The molecule has 1 atom stereocenters. The number of carbonyl (C=O) groups is 2. The van der Waals surface area contributed by atoms with Gasteiger partial charge < -0.3 is 10.0 Å². The molecule has 1 heterocycles. The predicted octanol–water partition coefficient (Wildman–Crippen LogP) is 1.21. The van der Waals surface area contributed by atoms with Crippen molar-refractivity contribution in [2.24, 2.45) is 5.18 Å². The van der Waals surface area contributed by atoms with Crippen LogP contribution in [0.3, 0.4) is 0 Å². The fraction of sp³-hybridized carbons (Fsp3) is 0.333. The minimum Gasteiger partial charge on any atom is -0.369 e. The lowest BCUT2D eigenvalue weighted by atomic mass is 10.1. The van der Waals surface area contributed by atoms with E-state index in [1.807, 2.05) is 0 Å². The summed E-state index contributed by atoms with van der Waals surface area (Å²) in [5, 5.41) is 12.2. The molecule has 6 nitrogen and oxygen atoms in total. The number of hydrogen-bond acceptors (Lipinski definition) is 4. The summed E-state index contributed by atoms with van der Waals surface area (Å²) in [4.78, 5) is 33.9. The SMILES string of the molecule is O=NC(=O)CCCN1C(=O)c2ccccc2C1O. The van der Waals surface area contributed by atoms with Gasteiger partial charge in [-0.15, -0.1) is 4.91 Å². The maximum absolute atomic E-state index is 11.9. The van der Waals surface area contributed by atoms with Crippen molar-refractivity contribution in [3.05, 3.63) is 40.3 Å². The normalized spacial score (nSPS) is 17.7. The Morgan fingerprint density at radius 1 is 1.39 bits per heavy atom. The number of aliphatic hydroxyl groups excluding tert-OH is 1. The standard InChI is InChI=1S/C12H12N2O4/c15-10(13-18)6-3-7-14-11(16)8-4-1-2-5-9(8)12(14)17/h1-2,4-5,11,16H,3,6-7H2. The third-order valence-electron chi connectivity index (χ3n) is 2.92. The van der Waals surface area contributed by atoms with Gasteiger partial charge in [-0.2, -0.15) is 0 Å². The summed E-state index contributed by atoms with van der Waals surface area (Å²) in [6.45, 7) is 0.218. The van der Waals surface area contributed by atoms with Crippen LogP contribution in [0.25, 0.3) is 0 Å². The molecule has 1 N–H and O–H groups in total. The Morgan fingerprint density at radius 2 is 2.11 bits per heavy atom. The summed E-state index contributed by atoms with van der Waals surface area (Å²) in [7, 11) is 0. The number of carbonyl (C=O) groups excluding carboxylic acids is 2. The monoisotopic (exact) mass is 248 g/mol. The van der Waals surface area contributed by atoms with Crippen molar-refractivity contribution in [1.82, 2.24) is 4.90 Å². The molecule has 0 radical (unpaired) electrons. The Kier molecular flexibility index (Phi) is 3.47. The summed E-state index contributed by atoms with van der Waals surface area (Å²) in [5.74, 6) is -1.00. The minimum atomic E-state index is -0.979. The Morgan fingerprint density at radius 3 is 2.78 bits per heavy atom. The molecular weight excluding hydrogens is 236 g/mol. The average Bonchev–Trinajstić information content (AvgIpc) is 2.64. The summed E-state index contributed by atoms with van der Waals surface area (Å²) in [6.07, 6.45) is -0.689. The number of nitrogens with zero attached hydrogens (tertiary/aromatic N) is 2. The zero-order valence-electron chi connectivity index (χ0n) is 9.57. The van der Waals surface area contributed by atoms with E-state index in [1.54, 1.807) is 24.3 Å². The first-order valence-corrected chi connectivity index (χ1v) is 5.59. The van der Waals surface area contributed by atoms with Gasteiger partial charge in [-0.3, -0.25) is 9.59 Å². The van der Waals surface area contributed by atoms with Crippen LogP contribution in [0.1, 0.15) is 35.0 Å². The summed E-state index contributed by atoms with van der Waals surface area (Å²) < 4.78 is 0. The predicted molar refractivity (Wildman–Crippen MR) is 62.5 cm³/mol. The molecule has 2 rings (SSSR count). The van der Waals surface area contributed by atoms with Crippen LogP contribution >= 0.6 is 0 Å². The van der Waals surface area contributed by atoms with Crippen molar-refractivity contribution in [2.45, 2.75) is 19.1 Å². The quantitative estimate of drug-likeness (QED) is 0.811. The van der Waals surface area contributed by atoms with Crippen LogP contribution in [-0.2, 0) is 4.79 Å². The average molecular weight is 248 g/mol. The molecule has 94 valence electrons. The molecule has 0 fully saturated rings. The molecule has 0 saturated heterocycles. The van der Waals surface area contributed by atoms with Crippen LogP contribution < -0.4 is 0 Å². The highest BCUT2D eigenvalue weighted by atomic mass is 16.3. The van der Waals surface area contributed by atoms with Gasteiger partial charge in [-0.05, 0) is 12.5 Å². The fourth-order valence-corrected chi connectivity index (χ4v) is 2.02. The van der Waals surface area contributed by atoms with E-state index in [2.05, 4.69) is 5.18 Å². The summed E-state index contributed by atoms with van der Waals surface area (Å²) in [5.41, 5.74) is 1.05. The van der Waals surface area contributed by atoms with Gasteiger partial charge in [0.25, 0.3) is 11.8 Å². The van der Waals surface area contributed by atoms with Crippen LogP contribution in [0.2, 0.25) is 0 Å². The maximum Gasteiger partial charge on any atom is 0.286 e. The van der Waals surface area contributed by atoms with E-state index in [4.69, 9.17) is 0 Å². The van der Waals surface area contributed by atoms with Gasteiger partial charge in [0, 0.05) is 29.3 Å². The van der Waals surface area contributed by atoms with Gasteiger partial charge in [0.2, 0.25) is 0 Å². The van der Waals surface area contributed by atoms with E-state index in [-0.39, 0.29) is 18.9 Å². The Balaban J connectivity index is 2.02. The highest BCUT2D eigenvalue weighted by molar-refractivity contribution is 5.98. The van der Waals surface area contributed by atoms with Crippen molar-refractivity contribution in [2.75, 3.05) is 6.54 Å². The van der Waals surface area contributed by atoms with Gasteiger partial charge in [0.05, 0.1) is 0 Å². The molecule has 1 aromatic rings. The highest BCUT2D eigenvalue weighted by Gasteiger charge is 2.34. The first-order valence-electron chi connectivity index (χ1n) is 5.59. The lowest BCUT2D eigenvalue weighted by Gasteiger charge is -2.20. The third-order valence-corrected chi connectivity index (χ3v) is 2.92.